The molecule has 3 nitrogen and oxygen atoms in total. The molecule has 0 bridgehead atoms. The summed E-state index contributed by atoms with van der Waals surface area (Å²) in [5, 5.41) is 9.97. The van der Waals surface area contributed by atoms with E-state index in [0.717, 1.165) is 5.56 Å². The van der Waals surface area contributed by atoms with Crippen LogP contribution >= 0.6 is 0 Å². The quantitative estimate of drug-likeness (QED) is 0.809. The summed E-state index contributed by atoms with van der Waals surface area (Å²) in [7, 11) is 3.24. The molecule has 0 radical (unpaired) electrons. The highest BCUT2D eigenvalue weighted by Gasteiger charge is 2.15. The molecule has 15 heavy (non-hydrogen) atoms. The number of aliphatic hydroxyl groups is 1. The Kier molecular flexibility index (Phi) is 4.59. The lowest BCUT2D eigenvalue weighted by Gasteiger charge is -2.17. The van der Waals surface area contributed by atoms with E-state index < -0.39 is 6.10 Å². The second kappa shape index (κ2) is 5.73. The van der Waals surface area contributed by atoms with Gasteiger partial charge in [0.1, 0.15) is 5.75 Å². The third-order valence-corrected chi connectivity index (χ3v) is 2.46. The minimum absolute atomic E-state index is 0.0323. The smallest absolute Gasteiger partial charge is 0.124 e. The van der Waals surface area contributed by atoms with E-state index in [4.69, 9.17) is 9.47 Å². The SMILES string of the molecule is COc1ccccc1C(O)CC(C)OC. The molecule has 2 unspecified atom stereocenters. The lowest BCUT2D eigenvalue weighted by atomic mass is 10.0. The monoisotopic (exact) mass is 210 g/mol. The van der Waals surface area contributed by atoms with Crippen molar-refractivity contribution in [3.8, 4) is 5.75 Å². The highest BCUT2D eigenvalue weighted by atomic mass is 16.5. The normalized spacial score (nSPS) is 14.7. The number of hydrogen-bond acceptors (Lipinski definition) is 3. The van der Waals surface area contributed by atoms with Crippen LogP contribution < -0.4 is 4.74 Å². The molecule has 0 aromatic heterocycles. The highest BCUT2D eigenvalue weighted by Crippen LogP contribution is 2.27. The summed E-state index contributed by atoms with van der Waals surface area (Å²) in [5.41, 5.74) is 0.809. The Morgan fingerprint density at radius 3 is 2.53 bits per heavy atom. The minimum atomic E-state index is -0.545. The van der Waals surface area contributed by atoms with Crippen LogP contribution in [0.4, 0.5) is 0 Å². The van der Waals surface area contributed by atoms with Crippen LogP contribution in [0.1, 0.15) is 25.0 Å². The first-order valence-electron chi connectivity index (χ1n) is 5.02. The Balaban J connectivity index is 2.76. The molecule has 1 N–H and O–H groups in total. The van der Waals surface area contributed by atoms with Crippen LogP contribution in [0.3, 0.4) is 0 Å². The largest absolute Gasteiger partial charge is 0.496 e. The molecule has 2 atom stereocenters. The van der Waals surface area contributed by atoms with Gasteiger partial charge < -0.3 is 14.6 Å². The van der Waals surface area contributed by atoms with Gasteiger partial charge in [-0.15, -0.1) is 0 Å². The summed E-state index contributed by atoms with van der Waals surface area (Å²) >= 11 is 0. The van der Waals surface area contributed by atoms with Crippen LogP contribution in [0, 0.1) is 0 Å². The molecule has 0 fully saturated rings. The molecule has 1 aromatic rings. The van der Waals surface area contributed by atoms with Gasteiger partial charge in [-0.2, -0.15) is 0 Å². The minimum Gasteiger partial charge on any atom is -0.496 e. The first-order chi connectivity index (χ1) is 7.19. The van der Waals surface area contributed by atoms with Gasteiger partial charge in [0.25, 0.3) is 0 Å². The van der Waals surface area contributed by atoms with Crippen LogP contribution in [0.5, 0.6) is 5.75 Å². The van der Waals surface area contributed by atoms with E-state index in [1.165, 1.54) is 0 Å². The van der Waals surface area contributed by atoms with Crippen molar-refractivity contribution in [2.45, 2.75) is 25.6 Å². The van der Waals surface area contributed by atoms with Crippen LogP contribution in [-0.4, -0.2) is 25.4 Å². The summed E-state index contributed by atoms with van der Waals surface area (Å²) < 4.78 is 10.3. The molecular weight excluding hydrogens is 192 g/mol. The Bertz CT molecular complexity index is 299. The van der Waals surface area contributed by atoms with Crippen molar-refractivity contribution in [2.24, 2.45) is 0 Å². The maximum Gasteiger partial charge on any atom is 0.124 e. The van der Waals surface area contributed by atoms with Crippen LogP contribution in [0.2, 0.25) is 0 Å². The number of benzene rings is 1. The van der Waals surface area contributed by atoms with Gasteiger partial charge in [-0.05, 0) is 13.0 Å². The molecule has 84 valence electrons. The van der Waals surface area contributed by atoms with Gasteiger partial charge >= 0.3 is 0 Å². The van der Waals surface area contributed by atoms with Crippen LogP contribution in [0.25, 0.3) is 0 Å². The molecule has 1 rings (SSSR count). The van der Waals surface area contributed by atoms with Gasteiger partial charge in [0, 0.05) is 19.1 Å². The van der Waals surface area contributed by atoms with E-state index in [2.05, 4.69) is 0 Å². The van der Waals surface area contributed by atoms with E-state index in [9.17, 15) is 5.11 Å². The van der Waals surface area contributed by atoms with Gasteiger partial charge in [0.2, 0.25) is 0 Å². The van der Waals surface area contributed by atoms with Gasteiger partial charge in [-0.3, -0.25) is 0 Å². The van der Waals surface area contributed by atoms with Crippen LogP contribution in [0.15, 0.2) is 24.3 Å². The first-order valence-corrected chi connectivity index (χ1v) is 5.02. The summed E-state index contributed by atoms with van der Waals surface area (Å²) in [6, 6.07) is 7.48. The first kappa shape index (κ1) is 12.0. The van der Waals surface area contributed by atoms with Gasteiger partial charge in [0.15, 0.2) is 0 Å². The van der Waals surface area contributed by atoms with Gasteiger partial charge in [-0.1, -0.05) is 18.2 Å². The third kappa shape index (κ3) is 3.22. The Morgan fingerprint density at radius 2 is 1.93 bits per heavy atom. The number of hydrogen-bond donors (Lipinski definition) is 1. The average Bonchev–Trinajstić information content (AvgIpc) is 2.28. The molecule has 1 aromatic carbocycles. The number of ether oxygens (including phenoxy) is 2. The topological polar surface area (TPSA) is 38.7 Å². The summed E-state index contributed by atoms with van der Waals surface area (Å²) in [6.07, 6.45) is 0.0534. The second-order valence-electron chi connectivity index (χ2n) is 3.54. The fraction of sp³-hybridized carbons (Fsp3) is 0.500. The molecule has 3 heteroatoms. The Morgan fingerprint density at radius 1 is 1.27 bits per heavy atom. The molecule has 0 saturated heterocycles. The van der Waals surface area contributed by atoms with Crippen LogP contribution in [-0.2, 0) is 4.74 Å². The molecule has 0 heterocycles. The second-order valence-corrected chi connectivity index (χ2v) is 3.54. The summed E-state index contributed by atoms with van der Waals surface area (Å²) in [4.78, 5) is 0. The van der Waals surface area contributed by atoms with Crippen molar-refractivity contribution in [2.75, 3.05) is 14.2 Å². The van der Waals surface area contributed by atoms with Crippen molar-refractivity contribution < 1.29 is 14.6 Å². The maximum absolute atomic E-state index is 9.97. The zero-order valence-electron chi connectivity index (χ0n) is 9.43. The lowest BCUT2D eigenvalue weighted by Crippen LogP contribution is -2.11. The average molecular weight is 210 g/mol. The van der Waals surface area contributed by atoms with E-state index in [-0.39, 0.29) is 6.10 Å². The molecule has 0 amide bonds. The number of para-hydroxylation sites is 1. The van der Waals surface area contributed by atoms with Crippen molar-refractivity contribution >= 4 is 0 Å². The van der Waals surface area contributed by atoms with E-state index >= 15 is 0 Å². The summed E-state index contributed by atoms with van der Waals surface area (Å²) in [5.74, 6) is 0.716. The lowest BCUT2D eigenvalue weighted by molar-refractivity contribution is 0.0550. The Hall–Kier alpha value is -1.06. The van der Waals surface area contributed by atoms with Crippen molar-refractivity contribution in [1.82, 2.24) is 0 Å². The van der Waals surface area contributed by atoms with E-state index in [1.54, 1.807) is 14.2 Å². The van der Waals surface area contributed by atoms with Crippen molar-refractivity contribution in [3.05, 3.63) is 29.8 Å². The highest BCUT2D eigenvalue weighted by molar-refractivity contribution is 5.34. The number of aliphatic hydroxyl groups excluding tert-OH is 1. The molecule has 0 aliphatic heterocycles. The van der Waals surface area contributed by atoms with E-state index in [0.29, 0.717) is 12.2 Å². The molecule has 0 aliphatic rings. The third-order valence-electron chi connectivity index (χ3n) is 2.46. The standard InChI is InChI=1S/C12H18O3/c1-9(14-2)8-11(13)10-6-4-5-7-12(10)15-3/h4-7,9,11,13H,8H2,1-3H3. The molecule has 0 aliphatic carbocycles. The number of rotatable bonds is 5. The van der Waals surface area contributed by atoms with Crippen molar-refractivity contribution in [3.63, 3.8) is 0 Å². The summed E-state index contributed by atoms with van der Waals surface area (Å²) in [6.45, 7) is 1.93. The zero-order chi connectivity index (χ0) is 11.3. The Labute approximate surface area is 90.6 Å². The fourth-order valence-corrected chi connectivity index (χ4v) is 1.48. The van der Waals surface area contributed by atoms with E-state index in [1.807, 2.05) is 31.2 Å². The fourth-order valence-electron chi connectivity index (χ4n) is 1.48. The van der Waals surface area contributed by atoms with Gasteiger partial charge in [0.05, 0.1) is 19.3 Å². The molecular formula is C12H18O3. The predicted octanol–water partition coefficient (Wildman–Crippen LogP) is 2.15. The zero-order valence-corrected chi connectivity index (χ0v) is 9.43. The van der Waals surface area contributed by atoms with Crippen molar-refractivity contribution in [1.29, 1.82) is 0 Å². The maximum atomic E-state index is 9.97. The molecule has 0 saturated carbocycles. The molecule has 0 spiro atoms. The van der Waals surface area contributed by atoms with Gasteiger partial charge in [-0.25, -0.2) is 0 Å². The number of methoxy groups -OCH3 is 2. The predicted molar refractivity (Wildman–Crippen MR) is 59.0 cm³/mol.